The predicted octanol–water partition coefficient (Wildman–Crippen LogP) is 6.66. The summed E-state index contributed by atoms with van der Waals surface area (Å²) in [5, 5.41) is 0. The topological polar surface area (TPSA) is 0 Å². The van der Waals surface area contributed by atoms with Crippen molar-refractivity contribution in [3.63, 3.8) is 0 Å². The third-order valence-electron chi connectivity index (χ3n) is 4.11. The molecule has 1 atom stereocenters. The highest BCUT2D eigenvalue weighted by atomic mass is 14.2. The van der Waals surface area contributed by atoms with Crippen LogP contribution in [-0.4, -0.2) is 0 Å². The van der Waals surface area contributed by atoms with Crippen molar-refractivity contribution >= 4 is 0 Å². The van der Waals surface area contributed by atoms with E-state index >= 15 is 0 Å². The average molecular weight is 272 g/mol. The van der Waals surface area contributed by atoms with Crippen molar-refractivity contribution in [1.29, 1.82) is 0 Å². The Kier molecular flexibility index (Phi) is 9.11. The van der Waals surface area contributed by atoms with E-state index in [1.165, 1.54) is 38.5 Å². The second kappa shape index (κ2) is 10.7. The highest BCUT2D eigenvalue weighted by molar-refractivity contribution is 5.30. The van der Waals surface area contributed by atoms with Crippen LogP contribution in [-0.2, 0) is 6.42 Å². The maximum absolute atomic E-state index is 2.36. The van der Waals surface area contributed by atoms with E-state index in [4.69, 9.17) is 0 Å². The molecule has 0 N–H and O–H groups in total. The van der Waals surface area contributed by atoms with E-state index in [0.717, 1.165) is 18.8 Å². The van der Waals surface area contributed by atoms with Gasteiger partial charge in [0.15, 0.2) is 0 Å². The summed E-state index contributed by atoms with van der Waals surface area (Å²) in [5.74, 6) is 0.765. The molecule has 1 rings (SSSR count). The zero-order valence-electron chi connectivity index (χ0n) is 13.7. The molecule has 0 heterocycles. The smallest absolute Gasteiger partial charge is 0.0159 e. The summed E-state index contributed by atoms with van der Waals surface area (Å²) in [5.41, 5.74) is 3.17. The Hall–Kier alpha value is -1.04. The maximum atomic E-state index is 2.36. The van der Waals surface area contributed by atoms with Crippen LogP contribution in [0, 0.1) is 0 Å². The average Bonchev–Trinajstić information content (AvgIpc) is 2.50. The van der Waals surface area contributed by atoms with Gasteiger partial charge in [-0.3, -0.25) is 0 Å². The fourth-order valence-electron chi connectivity index (χ4n) is 2.93. The molecule has 0 aliphatic carbocycles. The first kappa shape index (κ1) is 17.0. The summed E-state index contributed by atoms with van der Waals surface area (Å²) < 4.78 is 0. The van der Waals surface area contributed by atoms with E-state index in [0.29, 0.717) is 0 Å². The molecule has 0 bridgehead atoms. The quantitative estimate of drug-likeness (QED) is 0.330. The number of hydrogen-bond acceptors (Lipinski definition) is 0. The third-order valence-corrected chi connectivity index (χ3v) is 4.11. The number of aryl methyl sites for hydroxylation is 1. The van der Waals surface area contributed by atoms with Crippen molar-refractivity contribution in [2.45, 2.75) is 78.1 Å². The van der Waals surface area contributed by atoms with E-state index in [1.54, 1.807) is 11.1 Å². The zero-order valence-corrected chi connectivity index (χ0v) is 13.7. The van der Waals surface area contributed by atoms with Crippen LogP contribution in [0.25, 0.3) is 0 Å². The van der Waals surface area contributed by atoms with Gasteiger partial charge in [0.25, 0.3) is 0 Å². The van der Waals surface area contributed by atoms with Crippen LogP contribution in [0.15, 0.2) is 36.4 Å². The lowest BCUT2D eigenvalue weighted by atomic mass is 9.85. The molecule has 0 amide bonds. The van der Waals surface area contributed by atoms with Gasteiger partial charge in [-0.2, -0.15) is 0 Å². The van der Waals surface area contributed by atoms with Crippen molar-refractivity contribution in [3.8, 4) is 0 Å². The van der Waals surface area contributed by atoms with Crippen molar-refractivity contribution in [3.05, 3.63) is 47.5 Å². The molecule has 0 aromatic heterocycles. The molecule has 0 aliphatic heterocycles. The fourth-order valence-corrected chi connectivity index (χ4v) is 2.93. The first-order chi connectivity index (χ1) is 9.83. The Balaban J connectivity index is 2.65. The van der Waals surface area contributed by atoms with Gasteiger partial charge in [-0.15, -0.1) is 0 Å². The van der Waals surface area contributed by atoms with Crippen LogP contribution in [0.4, 0.5) is 0 Å². The summed E-state index contributed by atoms with van der Waals surface area (Å²) in [6, 6.07) is 9.07. The maximum Gasteiger partial charge on any atom is -0.0159 e. The van der Waals surface area contributed by atoms with Gasteiger partial charge in [-0.1, -0.05) is 70.0 Å². The van der Waals surface area contributed by atoms with Crippen LogP contribution in [0.5, 0.6) is 0 Å². The Morgan fingerprint density at radius 1 is 0.950 bits per heavy atom. The van der Waals surface area contributed by atoms with Crippen LogP contribution in [0.1, 0.15) is 82.8 Å². The Morgan fingerprint density at radius 2 is 1.70 bits per heavy atom. The number of hydrogen-bond donors (Lipinski definition) is 0. The fraction of sp³-hybridized carbons (Fsp3) is 0.600. The molecule has 0 spiro atoms. The number of rotatable bonds is 10. The lowest BCUT2D eigenvalue weighted by Crippen LogP contribution is -2.03. The Labute approximate surface area is 126 Å². The minimum atomic E-state index is 0.765. The molecular weight excluding hydrogens is 240 g/mol. The monoisotopic (exact) mass is 272 g/mol. The lowest BCUT2D eigenvalue weighted by Gasteiger charge is -2.20. The molecular formula is C20H32. The summed E-state index contributed by atoms with van der Waals surface area (Å²) >= 11 is 0. The van der Waals surface area contributed by atoms with Gasteiger partial charge in [-0.05, 0) is 55.6 Å². The van der Waals surface area contributed by atoms with Gasteiger partial charge in [0.05, 0.1) is 0 Å². The summed E-state index contributed by atoms with van der Waals surface area (Å²) in [7, 11) is 0. The normalized spacial score (nSPS) is 12.9. The van der Waals surface area contributed by atoms with Crippen molar-refractivity contribution in [1.82, 2.24) is 0 Å². The van der Waals surface area contributed by atoms with Crippen molar-refractivity contribution < 1.29 is 0 Å². The molecule has 1 unspecified atom stereocenters. The summed E-state index contributed by atoms with van der Waals surface area (Å²) in [6.07, 6.45) is 14.9. The number of allylic oxidation sites excluding steroid dienone is 2. The molecule has 1 aromatic rings. The summed E-state index contributed by atoms with van der Waals surface area (Å²) in [6.45, 7) is 6.78. The predicted molar refractivity (Wildman–Crippen MR) is 91.4 cm³/mol. The van der Waals surface area contributed by atoms with E-state index in [-0.39, 0.29) is 0 Å². The second-order valence-electron chi connectivity index (χ2n) is 5.70. The molecule has 0 radical (unpaired) electrons. The molecule has 112 valence electrons. The molecule has 0 fully saturated rings. The minimum absolute atomic E-state index is 0.765. The molecule has 0 aliphatic rings. The van der Waals surface area contributed by atoms with Crippen LogP contribution < -0.4 is 0 Å². The zero-order chi connectivity index (χ0) is 14.6. The molecule has 0 saturated carbocycles. The van der Waals surface area contributed by atoms with E-state index in [9.17, 15) is 0 Å². The Bertz CT molecular complexity index is 375. The van der Waals surface area contributed by atoms with Crippen LogP contribution in [0.3, 0.4) is 0 Å². The SMILES string of the molecule is CCC=CCCCC(CCCC)c1ccccc1CC. The first-order valence-electron chi connectivity index (χ1n) is 8.56. The standard InChI is InChI=1S/C20H32/c1-4-7-9-10-11-16-19(14-8-5-2)20-17-13-12-15-18(20)6-3/h7,9,12-13,15,17,19H,4-6,8,10-11,14,16H2,1-3H3. The van der Waals surface area contributed by atoms with Crippen molar-refractivity contribution in [2.75, 3.05) is 0 Å². The van der Waals surface area contributed by atoms with Gasteiger partial charge in [0.2, 0.25) is 0 Å². The number of unbranched alkanes of at least 4 members (excludes halogenated alkanes) is 2. The van der Waals surface area contributed by atoms with Gasteiger partial charge in [0.1, 0.15) is 0 Å². The van der Waals surface area contributed by atoms with E-state index in [1.807, 2.05) is 0 Å². The van der Waals surface area contributed by atoms with Crippen LogP contribution >= 0.6 is 0 Å². The van der Waals surface area contributed by atoms with Crippen molar-refractivity contribution in [2.24, 2.45) is 0 Å². The molecule has 1 aromatic carbocycles. The van der Waals surface area contributed by atoms with Gasteiger partial charge < -0.3 is 0 Å². The van der Waals surface area contributed by atoms with Gasteiger partial charge >= 0.3 is 0 Å². The first-order valence-corrected chi connectivity index (χ1v) is 8.56. The molecule has 20 heavy (non-hydrogen) atoms. The molecule has 0 nitrogen and oxygen atoms in total. The highest BCUT2D eigenvalue weighted by Gasteiger charge is 2.13. The Morgan fingerprint density at radius 3 is 2.40 bits per heavy atom. The van der Waals surface area contributed by atoms with E-state index in [2.05, 4.69) is 57.2 Å². The minimum Gasteiger partial charge on any atom is -0.0888 e. The third kappa shape index (κ3) is 5.94. The van der Waals surface area contributed by atoms with E-state index < -0.39 is 0 Å². The lowest BCUT2D eigenvalue weighted by molar-refractivity contribution is 0.528. The van der Waals surface area contributed by atoms with Gasteiger partial charge in [0, 0.05) is 0 Å². The molecule has 0 saturated heterocycles. The van der Waals surface area contributed by atoms with Gasteiger partial charge in [-0.25, -0.2) is 0 Å². The summed E-state index contributed by atoms with van der Waals surface area (Å²) in [4.78, 5) is 0. The highest BCUT2D eigenvalue weighted by Crippen LogP contribution is 2.30. The number of benzene rings is 1. The molecule has 0 heteroatoms. The van der Waals surface area contributed by atoms with Crippen LogP contribution in [0.2, 0.25) is 0 Å². The second-order valence-corrected chi connectivity index (χ2v) is 5.70. The largest absolute Gasteiger partial charge is 0.0888 e.